The third-order valence-electron chi connectivity index (χ3n) is 0.334. The molecule has 0 aliphatic carbocycles. The Labute approximate surface area is 40.9 Å². The highest BCUT2D eigenvalue weighted by molar-refractivity contribution is 6.28. The van der Waals surface area contributed by atoms with Crippen LogP contribution in [0, 0.1) is 0 Å². The molecule has 0 aliphatic heterocycles. The Kier molecular flexibility index (Phi) is 1.95. The van der Waals surface area contributed by atoms with E-state index in [0.29, 0.717) is 0 Å². The average molecular weight is 110 g/mol. The van der Waals surface area contributed by atoms with Gasteiger partial charge in [0.05, 0.1) is 0 Å². The molecule has 0 aromatic heterocycles. The Morgan fingerprint density at radius 1 is 2.00 bits per heavy atom. The van der Waals surface area contributed by atoms with Gasteiger partial charge in [-0.25, -0.2) is 5.12 Å². The van der Waals surface area contributed by atoms with Crippen LogP contribution in [-0.4, -0.2) is 12.2 Å². The number of nitrogens with zero attached hydrogens (tertiary/aromatic N) is 1. The van der Waals surface area contributed by atoms with Crippen LogP contribution in [0.15, 0.2) is 11.7 Å². The molecule has 0 amide bonds. The lowest BCUT2D eigenvalue weighted by atomic mass is 11.0. The Morgan fingerprint density at radius 2 is 2.17 bits per heavy atom. The van der Waals surface area contributed by atoms with Gasteiger partial charge in [0.1, 0.15) is 5.16 Å². The van der Waals surface area contributed by atoms with Crippen molar-refractivity contribution >= 4 is 11.6 Å². The molecule has 0 atom stereocenters. The predicted octanol–water partition coefficient (Wildman–Crippen LogP) is 1.51. The second-order valence-electron chi connectivity index (χ2n) is 0.853. The van der Waals surface area contributed by atoms with Crippen LogP contribution in [0.2, 0.25) is 0 Å². The van der Waals surface area contributed by atoms with Crippen molar-refractivity contribution in [2.24, 2.45) is 0 Å². The van der Waals surface area contributed by atoms with Gasteiger partial charge in [-0.3, -0.25) is 0 Å². The van der Waals surface area contributed by atoms with Crippen LogP contribution in [0.25, 0.3) is 0 Å². The van der Waals surface area contributed by atoms with E-state index in [1.807, 2.05) is 0 Å². The number of halogens is 2. The molecule has 0 saturated heterocycles. The van der Waals surface area contributed by atoms with Crippen molar-refractivity contribution in [2.75, 3.05) is 7.05 Å². The van der Waals surface area contributed by atoms with Gasteiger partial charge in [-0.15, -0.1) is 0 Å². The summed E-state index contributed by atoms with van der Waals surface area (Å²) in [6, 6.07) is 0. The molecule has 0 bridgehead atoms. The van der Waals surface area contributed by atoms with Crippen molar-refractivity contribution in [3.8, 4) is 0 Å². The van der Waals surface area contributed by atoms with E-state index in [2.05, 4.69) is 6.58 Å². The lowest BCUT2D eigenvalue weighted by Gasteiger charge is -1.98. The van der Waals surface area contributed by atoms with Gasteiger partial charge in [0.25, 0.3) is 0 Å². The van der Waals surface area contributed by atoms with E-state index in [4.69, 9.17) is 11.6 Å². The van der Waals surface area contributed by atoms with Crippen molar-refractivity contribution < 1.29 is 4.48 Å². The van der Waals surface area contributed by atoms with Crippen molar-refractivity contribution in [3.63, 3.8) is 0 Å². The van der Waals surface area contributed by atoms with E-state index >= 15 is 0 Å². The van der Waals surface area contributed by atoms with E-state index in [9.17, 15) is 4.48 Å². The molecule has 3 heteroatoms. The van der Waals surface area contributed by atoms with Crippen LogP contribution >= 0.6 is 11.6 Å². The predicted molar refractivity (Wildman–Crippen MR) is 23.9 cm³/mol. The first-order chi connectivity index (χ1) is 2.64. The number of hydrogen-bond acceptors (Lipinski definition) is 1. The minimum absolute atomic E-state index is 0.102. The van der Waals surface area contributed by atoms with Gasteiger partial charge in [0.2, 0.25) is 0 Å². The minimum atomic E-state index is -0.102. The van der Waals surface area contributed by atoms with Gasteiger partial charge in [0.15, 0.2) is 0 Å². The van der Waals surface area contributed by atoms with Crippen LogP contribution in [-0.2, 0) is 0 Å². The van der Waals surface area contributed by atoms with Gasteiger partial charge >= 0.3 is 0 Å². The SMILES string of the molecule is C=C(Cl)N(C)F. The van der Waals surface area contributed by atoms with Crippen LogP contribution in [0.1, 0.15) is 0 Å². The third-order valence-corrected chi connectivity index (χ3v) is 0.567. The molecule has 0 aromatic rings. The van der Waals surface area contributed by atoms with Crippen molar-refractivity contribution in [3.05, 3.63) is 11.7 Å². The maximum atomic E-state index is 11.4. The highest BCUT2D eigenvalue weighted by atomic mass is 35.5. The van der Waals surface area contributed by atoms with E-state index in [0.717, 1.165) is 0 Å². The fourth-order valence-electron chi connectivity index (χ4n) is 0. The molecule has 0 aromatic carbocycles. The van der Waals surface area contributed by atoms with Crippen LogP contribution in [0.5, 0.6) is 0 Å². The first-order valence-electron chi connectivity index (χ1n) is 1.38. The zero-order chi connectivity index (χ0) is 5.15. The second kappa shape index (κ2) is 2.03. The maximum Gasteiger partial charge on any atom is 0.127 e. The van der Waals surface area contributed by atoms with Crippen LogP contribution < -0.4 is 0 Å². The molecule has 0 heterocycles. The van der Waals surface area contributed by atoms with Crippen molar-refractivity contribution in [2.45, 2.75) is 0 Å². The largest absolute Gasteiger partial charge is 0.204 e. The third kappa shape index (κ3) is 2.03. The quantitative estimate of drug-likeness (QED) is 0.365. The normalized spacial score (nSPS) is 7.83. The summed E-state index contributed by atoms with van der Waals surface area (Å²) in [5.74, 6) is 0. The molecule has 0 rings (SSSR count). The minimum Gasteiger partial charge on any atom is -0.204 e. The lowest BCUT2D eigenvalue weighted by molar-refractivity contribution is 0.121. The van der Waals surface area contributed by atoms with Gasteiger partial charge in [-0.2, -0.15) is 0 Å². The zero-order valence-electron chi connectivity index (χ0n) is 3.41. The molecule has 0 unspecified atom stereocenters. The Hall–Kier alpha value is -0.240. The molecule has 0 radical (unpaired) electrons. The summed E-state index contributed by atoms with van der Waals surface area (Å²) >= 11 is 4.97. The Balaban J connectivity index is 3.26. The highest BCUT2D eigenvalue weighted by Crippen LogP contribution is 2.00. The molecule has 6 heavy (non-hydrogen) atoms. The van der Waals surface area contributed by atoms with Crippen LogP contribution in [0.4, 0.5) is 4.48 Å². The fraction of sp³-hybridized carbons (Fsp3) is 0.333. The Bertz CT molecular complexity index is 61.8. The standard InChI is InChI=1S/C3H5ClFN/c1-3(4)6(2)5/h1H2,2H3. The molecule has 0 N–H and O–H groups in total. The summed E-state index contributed by atoms with van der Waals surface area (Å²) in [7, 11) is 1.18. The van der Waals surface area contributed by atoms with Gasteiger partial charge < -0.3 is 0 Å². The van der Waals surface area contributed by atoms with Crippen molar-refractivity contribution in [1.29, 1.82) is 0 Å². The van der Waals surface area contributed by atoms with E-state index in [1.54, 1.807) is 0 Å². The van der Waals surface area contributed by atoms with E-state index in [-0.39, 0.29) is 10.3 Å². The van der Waals surface area contributed by atoms with E-state index < -0.39 is 0 Å². The summed E-state index contributed by atoms with van der Waals surface area (Å²) in [6.07, 6.45) is 0. The highest BCUT2D eigenvalue weighted by Gasteiger charge is 1.88. The molecule has 0 aliphatic rings. The molecule has 0 fully saturated rings. The fourth-order valence-corrected chi connectivity index (χ4v) is 0. The number of hydrogen-bond donors (Lipinski definition) is 0. The molecular formula is C3H5ClFN. The monoisotopic (exact) mass is 109 g/mol. The average Bonchev–Trinajstić information content (AvgIpc) is 1.36. The van der Waals surface area contributed by atoms with Gasteiger partial charge in [-0.1, -0.05) is 22.7 Å². The molecule has 1 nitrogen and oxygen atoms in total. The molecule has 0 spiro atoms. The summed E-state index contributed by atoms with van der Waals surface area (Å²) in [5, 5.41) is 0.136. The smallest absolute Gasteiger partial charge is 0.127 e. The molecule has 36 valence electrons. The lowest BCUT2D eigenvalue weighted by Crippen LogP contribution is -1.97. The summed E-state index contributed by atoms with van der Waals surface area (Å²) in [4.78, 5) is 0. The maximum absolute atomic E-state index is 11.4. The van der Waals surface area contributed by atoms with E-state index in [1.165, 1.54) is 7.05 Å². The zero-order valence-corrected chi connectivity index (χ0v) is 4.17. The van der Waals surface area contributed by atoms with Gasteiger partial charge in [-0.05, 0) is 0 Å². The Morgan fingerprint density at radius 3 is 2.17 bits per heavy atom. The summed E-state index contributed by atoms with van der Waals surface area (Å²) < 4.78 is 11.4. The number of rotatable bonds is 1. The first-order valence-corrected chi connectivity index (χ1v) is 1.76. The van der Waals surface area contributed by atoms with Crippen LogP contribution in [0.3, 0.4) is 0 Å². The molecule has 0 saturated carbocycles. The topological polar surface area (TPSA) is 3.24 Å². The van der Waals surface area contributed by atoms with Gasteiger partial charge in [0, 0.05) is 7.05 Å². The summed E-state index contributed by atoms with van der Waals surface area (Å²) in [5.41, 5.74) is 0. The summed E-state index contributed by atoms with van der Waals surface area (Å²) in [6.45, 7) is 3.07. The second-order valence-corrected chi connectivity index (χ2v) is 1.29. The molecular weight excluding hydrogens is 104 g/mol. The first kappa shape index (κ1) is 5.76. The van der Waals surface area contributed by atoms with Crippen molar-refractivity contribution in [1.82, 2.24) is 5.12 Å².